The van der Waals surface area contributed by atoms with Crippen molar-refractivity contribution in [3.05, 3.63) is 103 Å². The molecule has 1 aromatic heterocycles. The van der Waals surface area contributed by atoms with Crippen LogP contribution in [0.5, 0.6) is 0 Å². The van der Waals surface area contributed by atoms with Gasteiger partial charge in [0.2, 0.25) is 0 Å². The van der Waals surface area contributed by atoms with E-state index in [1.54, 1.807) is 103 Å². The summed E-state index contributed by atoms with van der Waals surface area (Å²) in [5, 5.41) is 19.1. The quantitative estimate of drug-likeness (QED) is 0.133. The summed E-state index contributed by atoms with van der Waals surface area (Å²) in [6, 6.07) is 17.7. The molecule has 3 unspecified atom stereocenters. The van der Waals surface area contributed by atoms with Crippen LogP contribution >= 0.6 is 11.3 Å². The number of aryl methyl sites for hydroxylation is 1. The van der Waals surface area contributed by atoms with Gasteiger partial charge in [0.1, 0.15) is 0 Å². The molecule has 0 nitrogen and oxygen atoms in total. The predicted octanol–water partition coefficient (Wildman–Crippen LogP) is 11.5. The van der Waals surface area contributed by atoms with E-state index in [0.29, 0.717) is 0 Å². The largest absolute Gasteiger partial charge is 0.145 e. The van der Waals surface area contributed by atoms with Gasteiger partial charge in [-0.2, -0.15) is 0 Å². The van der Waals surface area contributed by atoms with Crippen LogP contribution in [-0.2, 0) is 30.1 Å². The fraction of sp³-hybridized carbons (Fsp3) is 0.273. The van der Waals surface area contributed by atoms with E-state index in [2.05, 4.69) is 85.9 Å². The number of allylic oxidation sites excluding steroid dienone is 3. The van der Waals surface area contributed by atoms with Gasteiger partial charge in [0.05, 0.1) is 0 Å². The highest BCUT2D eigenvalue weighted by Gasteiger charge is 2.89. The Morgan fingerprint density at radius 3 is 2.22 bits per heavy atom. The lowest BCUT2D eigenvalue weighted by Gasteiger charge is -2.31. The van der Waals surface area contributed by atoms with Gasteiger partial charge in [0.25, 0.3) is 0 Å². The van der Waals surface area contributed by atoms with Gasteiger partial charge in [-0.3, -0.25) is 0 Å². The van der Waals surface area contributed by atoms with E-state index in [1.165, 1.54) is 42.0 Å². The molecule has 1 heteroatoms. The van der Waals surface area contributed by atoms with E-state index in [4.69, 9.17) is 0 Å². The third-order valence-corrected chi connectivity index (χ3v) is 15.7. The molecule has 3 atom stereocenters. The highest BCUT2D eigenvalue weighted by atomic mass is 32.1. The maximum Gasteiger partial charge on any atom is 0.0478 e. The molecule has 0 saturated heterocycles. The van der Waals surface area contributed by atoms with Crippen molar-refractivity contribution in [1.29, 1.82) is 0 Å². The van der Waals surface area contributed by atoms with Crippen LogP contribution in [0.4, 0.5) is 0 Å². The Hall–Kier alpha value is -3.94. The Labute approximate surface area is 265 Å². The first kappa shape index (κ1) is 22.5. The molecule has 1 fully saturated rings. The van der Waals surface area contributed by atoms with Crippen molar-refractivity contribution in [3.8, 4) is 0 Å². The number of unbranched alkanes of at least 4 members (excludes halogenated alkanes) is 2. The highest BCUT2D eigenvalue weighted by Crippen LogP contribution is 2.91. The minimum absolute atomic E-state index is 0.00611. The molecule has 7 aromatic carbocycles. The van der Waals surface area contributed by atoms with Crippen LogP contribution in [0.2, 0.25) is 0 Å². The molecular formula is C44H30S. The van der Waals surface area contributed by atoms with Crippen LogP contribution in [-0.4, -0.2) is 0 Å². The zero-order valence-corrected chi connectivity index (χ0v) is 26.4. The predicted molar refractivity (Wildman–Crippen MR) is 191 cm³/mol. The first-order valence-corrected chi connectivity index (χ1v) is 18.3. The number of rotatable bonds is 6. The van der Waals surface area contributed by atoms with E-state index in [-0.39, 0.29) is 16.2 Å². The summed E-state index contributed by atoms with van der Waals surface area (Å²) in [5.74, 6) is 0. The Morgan fingerprint density at radius 1 is 0.689 bits per heavy atom. The smallest absolute Gasteiger partial charge is 0.0478 e. The lowest BCUT2D eigenvalue weighted by molar-refractivity contribution is 0.499. The molecule has 212 valence electrons. The van der Waals surface area contributed by atoms with Gasteiger partial charge in [-0.05, 0) is 147 Å². The maximum atomic E-state index is 2.87. The number of thiophene rings is 1. The molecule has 1 saturated carbocycles. The summed E-state index contributed by atoms with van der Waals surface area (Å²) in [6.07, 6.45) is 16.7. The van der Waals surface area contributed by atoms with Crippen LogP contribution in [0.25, 0.3) is 76.3 Å². The van der Waals surface area contributed by atoms with Gasteiger partial charge in [-0.15, -0.1) is 11.3 Å². The molecule has 8 aromatic rings. The van der Waals surface area contributed by atoms with Gasteiger partial charge in [0.15, 0.2) is 0 Å². The average molecular weight is 591 g/mol. The van der Waals surface area contributed by atoms with Crippen LogP contribution < -0.4 is 0 Å². The third kappa shape index (κ3) is 1.79. The summed E-state index contributed by atoms with van der Waals surface area (Å²) in [5.41, 5.74) is 13.2. The molecule has 14 rings (SSSR count). The number of benzene rings is 6. The molecular weight excluding hydrogens is 561 g/mol. The maximum absolute atomic E-state index is 2.87. The Morgan fingerprint density at radius 2 is 1.42 bits per heavy atom. The molecule has 6 aliphatic rings. The van der Waals surface area contributed by atoms with E-state index in [1.807, 2.05) is 0 Å². The second-order valence-electron chi connectivity index (χ2n) is 15.5. The summed E-state index contributed by atoms with van der Waals surface area (Å²) in [6.45, 7) is 4.72. The van der Waals surface area contributed by atoms with Gasteiger partial charge >= 0.3 is 0 Å². The number of hydrogen-bond acceptors (Lipinski definition) is 1. The summed E-state index contributed by atoms with van der Waals surface area (Å²) < 4.78 is 0. The molecule has 6 aliphatic carbocycles. The van der Waals surface area contributed by atoms with Crippen molar-refractivity contribution in [3.63, 3.8) is 0 Å². The van der Waals surface area contributed by atoms with Crippen molar-refractivity contribution >= 4 is 87.6 Å². The third-order valence-electron chi connectivity index (χ3n) is 14.3. The zero-order chi connectivity index (χ0) is 28.9. The van der Waals surface area contributed by atoms with Gasteiger partial charge in [0, 0.05) is 26.0 Å². The minimum Gasteiger partial charge on any atom is -0.145 e. The minimum atomic E-state index is 0.00611. The van der Waals surface area contributed by atoms with Crippen LogP contribution in [0.1, 0.15) is 88.2 Å². The molecule has 0 N–H and O–H groups in total. The van der Waals surface area contributed by atoms with Crippen LogP contribution in [0, 0.1) is 5.41 Å². The Bertz CT molecular complexity index is 2870. The molecule has 1 spiro atoms. The first-order valence-electron chi connectivity index (χ1n) is 17.5. The normalized spacial score (nSPS) is 27.0. The molecule has 1 heterocycles. The topological polar surface area (TPSA) is 0 Å². The zero-order valence-electron chi connectivity index (χ0n) is 25.6. The summed E-state index contributed by atoms with van der Waals surface area (Å²) in [7, 11) is 0. The van der Waals surface area contributed by atoms with Crippen LogP contribution in [0.3, 0.4) is 0 Å². The number of hydrogen-bond donors (Lipinski definition) is 0. The summed E-state index contributed by atoms with van der Waals surface area (Å²) >= 11 is 2.14. The Kier molecular flexibility index (Phi) is 3.18. The van der Waals surface area contributed by atoms with Crippen molar-refractivity contribution in [2.45, 2.75) is 69.6 Å². The van der Waals surface area contributed by atoms with E-state index in [0.717, 1.165) is 19.3 Å². The molecule has 45 heavy (non-hydrogen) atoms. The molecule has 0 bridgehead atoms. The van der Waals surface area contributed by atoms with Crippen molar-refractivity contribution in [2.75, 3.05) is 0 Å². The average Bonchev–Trinajstić information content (AvgIpc) is 3.73. The second-order valence-corrected chi connectivity index (χ2v) is 16.7. The Balaban J connectivity index is 1.31. The van der Waals surface area contributed by atoms with Crippen molar-refractivity contribution < 1.29 is 0 Å². The van der Waals surface area contributed by atoms with Crippen LogP contribution in [0.15, 0.2) is 54.6 Å². The van der Waals surface area contributed by atoms with Gasteiger partial charge < -0.3 is 0 Å². The highest BCUT2D eigenvalue weighted by molar-refractivity contribution is 7.12. The van der Waals surface area contributed by atoms with Crippen molar-refractivity contribution in [2.24, 2.45) is 5.41 Å². The molecule has 0 radical (unpaired) electrons. The van der Waals surface area contributed by atoms with Gasteiger partial charge in [-0.25, -0.2) is 0 Å². The fourth-order valence-corrected chi connectivity index (χ4v) is 14.5. The first-order chi connectivity index (χ1) is 22.2. The van der Waals surface area contributed by atoms with Crippen molar-refractivity contribution in [1.82, 2.24) is 0 Å². The SMILES string of the molecule is CCCCCC1(c2ccc(CC)s2)C23C=Cc4cc5c6c7c4C21c1c2c4c(cc8ccc9cc(c6c6c9c8c4c6c17)C5)CC2=C3. The fourth-order valence-electron chi connectivity index (χ4n) is 13.2. The van der Waals surface area contributed by atoms with E-state index in [9.17, 15) is 0 Å². The lowest BCUT2D eigenvalue weighted by Crippen LogP contribution is -2.25. The summed E-state index contributed by atoms with van der Waals surface area (Å²) in [4.78, 5) is 3.20. The monoisotopic (exact) mass is 590 g/mol. The molecule has 0 aliphatic heterocycles. The van der Waals surface area contributed by atoms with E-state index < -0.39 is 0 Å². The second kappa shape index (κ2) is 6.36. The van der Waals surface area contributed by atoms with Gasteiger partial charge in [-0.1, -0.05) is 81.7 Å². The standard InChI is InChI=1S/C44H30S/c1-3-5-6-12-43(28-10-9-27(4-2)45-28)42-13-11-22-16-25-17-23-14-20-7-8-21-15-24-18-26(19-42)34-33(24)36-30(21)29(20)35-31(23)32(25)38-39(37(35)36)41(34)44(42,43)40(22)38/h7-11,13-16,19H,3-6,12,17-18H2,1-2H3. The lowest BCUT2D eigenvalue weighted by atomic mass is 9.71. The van der Waals surface area contributed by atoms with E-state index >= 15 is 0 Å². The molecule has 0 amide bonds.